The predicted molar refractivity (Wildman–Crippen MR) is 86.1 cm³/mol. The van der Waals surface area contributed by atoms with Crippen LogP contribution < -0.4 is 10.6 Å². The number of carboxylic acids is 1. The Morgan fingerprint density at radius 2 is 1.65 bits per heavy atom. The first kappa shape index (κ1) is 17.0. The second-order valence-corrected chi connectivity index (χ2v) is 6.81. The Morgan fingerprint density at radius 1 is 1.09 bits per heavy atom. The lowest BCUT2D eigenvalue weighted by Crippen LogP contribution is -2.30. The van der Waals surface area contributed by atoms with Gasteiger partial charge in [-0.05, 0) is 43.5 Å². The topological polar surface area (TPSA) is 95.5 Å². The summed E-state index contributed by atoms with van der Waals surface area (Å²) in [5.74, 6) is -2.62. The number of nitrogens with one attached hydrogen (secondary N) is 2. The van der Waals surface area contributed by atoms with Gasteiger partial charge in [-0.2, -0.15) is 0 Å². The van der Waals surface area contributed by atoms with Gasteiger partial charge in [-0.15, -0.1) is 0 Å². The van der Waals surface area contributed by atoms with E-state index in [-0.39, 0.29) is 17.9 Å². The van der Waals surface area contributed by atoms with E-state index >= 15 is 0 Å². The zero-order valence-electron chi connectivity index (χ0n) is 13.7. The molecule has 0 radical (unpaired) electrons. The molecule has 0 aromatic heterocycles. The van der Waals surface area contributed by atoms with E-state index in [1.165, 1.54) is 0 Å². The fraction of sp³-hybridized carbons (Fsp3) is 0.471. The number of rotatable bonds is 5. The van der Waals surface area contributed by atoms with Crippen LogP contribution in [0.5, 0.6) is 0 Å². The number of carboxylic acid groups (broad SMARTS) is 1. The molecule has 0 heterocycles. The van der Waals surface area contributed by atoms with E-state index in [4.69, 9.17) is 5.11 Å². The summed E-state index contributed by atoms with van der Waals surface area (Å²) < 4.78 is 0. The summed E-state index contributed by atoms with van der Waals surface area (Å²) in [6, 6.07) is 6.57. The van der Waals surface area contributed by atoms with Gasteiger partial charge in [0.1, 0.15) is 0 Å². The Hall–Kier alpha value is -2.37. The first-order valence-electron chi connectivity index (χ1n) is 7.59. The van der Waals surface area contributed by atoms with E-state index in [0.717, 1.165) is 0 Å². The van der Waals surface area contributed by atoms with Crippen molar-refractivity contribution in [1.82, 2.24) is 5.32 Å². The predicted octanol–water partition coefficient (Wildman–Crippen LogP) is 2.12. The number of hydrogen-bond acceptors (Lipinski definition) is 3. The van der Waals surface area contributed by atoms with E-state index in [1.54, 1.807) is 38.1 Å². The maximum Gasteiger partial charge on any atom is 0.307 e. The second-order valence-electron chi connectivity index (χ2n) is 6.81. The van der Waals surface area contributed by atoms with Crippen LogP contribution in [0.15, 0.2) is 24.3 Å². The molecule has 124 valence electrons. The minimum atomic E-state index is -0.948. The highest BCUT2D eigenvalue weighted by Crippen LogP contribution is 2.58. The van der Waals surface area contributed by atoms with Crippen molar-refractivity contribution in [3.05, 3.63) is 29.8 Å². The van der Waals surface area contributed by atoms with Gasteiger partial charge in [-0.1, -0.05) is 13.8 Å². The molecule has 2 atom stereocenters. The third kappa shape index (κ3) is 3.52. The summed E-state index contributed by atoms with van der Waals surface area (Å²) in [6.45, 7) is 7.30. The van der Waals surface area contributed by atoms with Crippen LogP contribution in [-0.2, 0) is 9.59 Å². The number of benzene rings is 1. The zero-order valence-corrected chi connectivity index (χ0v) is 13.7. The molecule has 1 aliphatic carbocycles. The summed E-state index contributed by atoms with van der Waals surface area (Å²) in [5, 5.41) is 14.6. The average Bonchev–Trinajstić information content (AvgIpc) is 3.02. The lowest BCUT2D eigenvalue weighted by Gasteiger charge is -2.09. The van der Waals surface area contributed by atoms with Gasteiger partial charge in [0, 0.05) is 17.3 Å². The van der Waals surface area contributed by atoms with E-state index in [9.17, 15) is 14.4 Å². The zero-order chi connectivity index (χ0) is 17.4. The maximum absolute atomic E-state index is 12.2. The molecule has 0 saturated heterocycles. The van der Waals surface area contributed by atoms with Gasteiger partial charge in [-0.25, -0.2) is 0 Å². The molecule has 6 nitrogen and oxygen atoms in total. The molecule has 0 aliphatic heterocycles. The molecule has 0 bridgehead atoms. The SMILES string of the molecule is CC(C)NC(=O)c1ccc(NC(=O)[C@@H]2[C@@H](C(=O)O)C2(C)C)cc1. The number of aliphatic carboxylic acids is 1. The van der Waals surface area contributed by atoms with E-state index in [2.05, 4.69) is 10.6 Å². The quantitative estimate of drug-likeness (QED) is 0.775. The molecule has 1 aromatic carbocycles. The van der Waals surface area contributed by atoms with Crippen molar-refractivity contribution >= 4 is 23.5 Å². The van der Waals surface area contributed by atoms with Crippen molar-refractivity contribution in [1.29, 1.82) is 0 Å². The minimum Gasteiger partial charge on any atom is -0.481 e. The molecule has 1 saturated carbocycles. The lowest BCUT2D eigenvalue weighted by molar-refractivity contribution is -0.140. The third-order valence-electron chi connectivity index (χ3n) is 4.21. The normalized spacial score (nSPS) is 21.6. The van der Waals surface area contributed by atoms with Gasteiger partial charge < -0.3 is 15.7 Å². The smallest absolute Gasteiger partial charge is 0.307 e. The fourth-order valence-electron chi connectivity index (χ4n) is 2.86. The molecular weight excluding hydrogens is 296 g/mol. The molecule has 23 heavy (non-hydrogen) atoms. The lowest BCUT2D eigenvalue weighted by atomic mass is 10.1. The second kappa shape index (κ2) is 6.02. The highest BCUT2D eigenvalue weighted by atomic mass is 16.4. The summed E-state index contributed by atoms with van der Waals surface area (Å²) >= 11 is 0. The van der Waals surface area contributed by atoms with Crippen molar-refractivity contribution in [3.8, 4) is 0 Å². The third-order valence-corrected chi connectivity index (χ3v) is 4.21. The van der Waals surface area contributed by atoms with Crippen LogP contribution in [0.3, 0.4) is 0 Å². The first-order valence-corrected chi connectivity index (χ1v) is 7.59. The van der Waals surface area contributed by atoms with Crippen LogP contribution in [0.2, 0.25) is 0 Å². The van der Waals surface area contributed by atoms with Crippen LogP contribution in [0.25, 0.3) is 0 Å². The van der Waals surface area contributed by atoms with Crippen LogP contribution in [-0.4, -0.2) is 28.9 Å². The number of hydrogen-bond donors (Lipinski definition) is 3. The molecule has 2 rings (SSSR count). The Kier molecular flexibility index (Phi) is 4.45. The van der Waals surface area contributed by atoms with E-state index in [1.807, 2.05) is 13.8 Å². The molecule has 0 spiro atoms. The fourth-order valence-corrected chi connectivity index (χ4v) is 2.86. The van der Waals surface area contributed by atoms with Crippen LogP contribution in [0, 0.1) is 17.3 Å². The van der Waals surface area contributed by atoms with Crippen molar-refractivity contribution in [3.63, 3.8) is 0 Å². The number of amides is 2. The Balaban J connectivity index is 2.01. The monoisotopic (exact) mass is 318 g/mol. The molecule has 0 unspecified atom stereocenters. The van der Waals surface area contributed by atoms with Gasteiger partial charge in [0.05, 0.1) is 11.8 Å². The van der Waals surface area contributed by atoms with Gasteiger partial charge >= 0.3 is 5.97 Å². The van der Waals surface area contributed by atoms with Gasteiger partial charge in [-0.3, -0.25) is 14.4 Å². The number of carbonyl (C=O) groups excluding carboxylic acids is 2. The van der Waals surface area contributed by atoms with Crippen molar-refractivity contribution in [2.45, 2.75) is 33.7 Å². The molecule has 1 aliphatic rings. The van der Waals surface area contributed by atoms with Gasteiger partial charge in [0.2, 0.25) is 5.91 Å². The van der Waals surface area contributed by atoms with Gasteiger partial charge in [0.25, 0.3) is 5.91 Å². The molecule has 1 fully saturated rings. The van der Waals surface area contributed by atoms with E-state index < -0.39 is 23.2 Å². The molecule has 3 N–H and O–H groups in total. The average molecular weight is 318 g/mol. The largest absolute Gasteiger partial charge is 0.481 e. The van der Waals surface area contributed by atoms with Gasteiger partial charge in [0.15, 0.2) is 0 Å². The van der Waals surface area contributed by atoms with Crippen molar-refractivity contribution in [2.24, 2.45) is 17.3 Å². The maximum atomic E-state index is 12.2. The van der Waals surface area contributed by atoms with Crippen LogP contribution in [0.1, 0.15) is 38.1 Å². The number of carbonyl (C=O) groups is 3. The highest BCUT2D eigenvalue weighted by molar-refractivity contribution is 6.00. The molecule has 1 aromatic rings. The van der Waals surface area contributed by atoms with Crippen LogP contribution in [0.4, 0.5) is 5.69 Å². The standard InChI is InChI=1S/C17H22N2O4/c1-9(2)18-14(20)10-5-7-11(8-6-10)19-15(21)12-13(16(22)23)17(12,3)4/h5-9,12-13H,1-4H3,(H,18,20)(H,19,21)(H,22,23)/t12-,13-/m0/s1. The van der Waals surface area contributed by atoms with Crippen molar-refractivity contribution < 1.29 is 19.5 Å². The minimum absolute atomic E-state index is 0.0481. The summed E-state index contributed by atoms with van der Waals surface area (Å²) in [5.41, 5.74) is 0.516. The summed E-state index contributed by atoms with van der Waals surface area (Å²) in [7, 11) is 0. The Morgan fingerprint density at radius 3 is 2.09 bits per heavy atom. The summed E-state index contributed by atoms with van der Waals surface area (Å²) in [4.78, 5) is 35.2. The van der Waals surface area contributed by atoms with Crippen LogP contribution >= 0.6 is 0 Å². The molecule has 2 amide bonds. The van der Waals surface area contributed by atoms with E-state index in [0.29, 0.717) is 11.3 Å². The Bertz CT molecular complexity index is 634. The molecule has 6 heteroatoms. The Labute approximate surface area is 135 Å². The molecular formula is C17H22N2O4. The first-order chi connectivity index (χ1) is 10.6. The van der Waals surface area contributed by atoms with Crippen molar-refractivity contribution in [2.75, 3.05) is 5.32 Å². The number of anilines is 1. The highest BCUT2D eigenvalue weighted by Gasteiger charge is 2.65. The summed E-state index contributed by atoms with van der Waals surface area (Å²) in [6.07, 6.45) is 0.